The SMILES string of the molecule is Cc1ccccc1NC1(C#N)CCC(C(C)C)CC1. The zero-order valence-electron chi connectivity index (χ0n) is 12.2. The molecule has 2 rings (SSSR count). The van der Waals surface area contributed by atoms with Gasteiger partial charge in [-0.1, -0.05) is 32.0 Å². The van der Waals surface area contributed by atoms with Gasteiger partial charge in [0.25, 0.3) is 0 Å². The molecule has 1 N–H and O–H groups in total. The van der Waals surface area contributed by atoms with Crippen LogP contribution in [-0.4, -0.2) is 5.54 Å². The summed E-state index contributed by atoms with van der Waals surface area (Å²) in [6.07, 6.45) is 4.23. The fourth-order valence-corrected chi connectivity index (χ4v) is 3.04. The zero-order chi connectivity index (χ0) is 13.9. The Hall–Kier alpha value is -1.49. The van der Waals surface area contributed by atoms with Crippen LogP contribution < -0.4 is 5.32 Å². The molecule has 1 aliphatic rings. The largest absolute Gasteiger partial charge is 0.367 e. The fraction of sp³-hybridized carbons (Fsp3) is 0.588. The summed E-state index contributed by atoms with van der Waals surface area (Å²) in [5.41, 5.74) is 1.95. The van der Waals surface area contributed by atoms with Crippen molar-refractivity contribution in [3.63, 3.8) is 0 Å². The molecule has 0 radical (unpaired) electrons. The maximum absolute atomic E-state index is 9.61. The number of anilines is 1. The number of nitrogens with zero attached hydrogens (tertiary/aromatic N) is 1. The van der Waals surface area contributed by atoms with Crippen molar-refractivity contribution in [1.82, 2.24) is 0 Å². The Kier molecular flexibility index (Phi) is 4.14. The summed E-state index contributed by atoms with van der Waals surface area (Å²) in [6, 6.07) is 10.8. The lowest BCUT2D eigenvalue weighted by atomic mass is 9.73. The van der Waals surface area contributed by atoms with Crippen LogP contribution in [0.5, 0.6) is 0 Å². The van der Waals surface area contributed by atoms with E-state index in [0.29, 0.717) is 0 Å². The minimum absolute atomic E-state index is 0.364. The number of aryl methyl sites for hydroxylation is 1. The van der Waals surface area contributed by atoms with Crippen molar-refractivity contribution < 1.29 is 0 Å². The Bertz CT molecular complexity index is 462. The molecule has 102 valence electrons. The lowest BCUT2D eigenvalue weighted by Gasteiger charge is -2.38. The van der Waals surface area contributed by atoms with Gasteiger partial charge in [-0.3, -0.25) is 0 Å². The van der Waals surface area contributed by atoms with Crippen LogP contribution >= 0.6 is 0 Å². The first-order valence-corrected chi connectivity index (χ1v) is 7.31. The average Bonchev–Trinajstić information content (AvgIpc) is 2.42. The van der Waals surface area contributed by atoms with E-state index >= 15 is 0 Å². The molecule has 0 aliphatic heterocycles. The molecule has 0 spiro atoms. The summed E-state index contributed by atoms with van der Waals surface area (Å²) in [4.78, 5) is 0. The van der Waals surface area contributed by atoms with Gasteiger partial charge in [0.15, 0.2) is 0 Å². The van der Waals surface area contributed by atoms with Gasteiger partial charge < -0.3 is 5.32 Å². The van der Waals surface area contributed by atoms with Gasteiger partial charge in [-0.15, -0.1) is 0 Å². The van der Waals surface area contributed by atoms with Crippen molar-refractivity contribution in [1.29, 1.82) is 5.26 Å². The number of hydrogen-bond acceptors (Lipinski definition) is 2. The van der Waals surface area contributed by atoms with E-state index in [0.717, 1.165) is 43.2 Å². The minimum atomic E-state index is -0.364. The van der Waals surface area contributed by atoms with Crippen LogP contribution in [-0.2, 0) is 0 Å². The molecule has 1 fully saturated rings. The molecule has 0 saturated heterocycles. The van der Waals surface area contributed by atoms with Crippen molar-refractivity contribution in [3.05, 3.63) is 29.8 Å². The molecule has 2 nitrogen and oxygen atoms in total. The number of hydrogen-bond donors (Lipinski definition) is 1. The van der Waals surface area contributed by atoms with Crippen LogP contribution in [0.1, 0.15) is 45.1 Å². The topological polar surface area (TPSA) is 35.8 Å². The molecule has 0 aromatic heterocycles. The molecule has 0 unspecified atom stereocenters. The molecule has 0 atom stereocenters. The molecule has 1 aliphatic carbocycles. The summed E-state index contributed by atoms with van der Waals surface area (Å²) in [5.74, 6) is 1.51. The Morgan fingerprint density at radius 2 is 1.89 bits per heavy atom. The molecular formula is C17H24N2. The predicted molar refractivity (Wildman–Crippen MR) is 79.9 cm³/mol. The summed E-state index contributed by atoms with van der Waals surface area (Å²) in [7, 11) is 0. The second-order valence-corrected chi connectivity index (χ2v) is 6.22. The smallest absolute Gasteiger partial charge is 0.125 e. The van der Waals surface area contributed by atoms with Gasteiger partial charge in [0, 0.05) is 5.69 Å². The number of para-hydroxylation sites is 1. The highest BCUT2D eigenvalue weighted by Gasteiger charge is 2.36. The Morgan fingerprint density at radius 1 is 1.26 bits per heavy atom. The number of rotatable bonds is 3. The summed E-state index contributed by atoms with van der Waals surface area (Å²) < 4.78 is 0. The Labute approximate surface area is 116 Å². The Balaban J connectivity index is 2.10. The van der Waals surface area contributed by atoms with Crippen molar-refractivity contribution in [2.45, 2.75) is 52.0 Å². The van der Waals surface area contributed by atoms with Gasteiger partial charge in [0.1, 0.15) is 5.54 Å². The molecule has 0 amide bonds. The molecule has 0 bridgehead atoms. The van der Waals surface area contributed by atoms with Crippen LogP contribution in [0.25, 0.3) is 0 Å². The first-order chi connectivity index (χ1) is 9.06. The van der Waals surface area contributed by atoms with Crippen molar-refractivity contribution in [2.75, 3.05) is 5.32 Å². The van der Waals surface area contributed by atoms with E-state index in [4.69, 9.17) is 0 Å². The highest BCUT2D eigenvalue weighted by molar-refractivity contribution is 5.53. The van der Waals surface area contributed by atoms with Crippen molar-refractivity contribution >= 4 is 5.69 Å². The van der Waals surface area contributed by atoms with Gasteiger partial charge in [0.05, 0.1) is 6.07 Å². The van der Waals surface area contributed by atoms with E-state index in [1.54, 1.807) is 0 Å². The summed E-state index contributed by atoms with van der Waals surface area (Å²) in [6.45, 7) is 6.67. The fourth-order valence-electron chi connectivity index (χ4n) is 3.04. The van der Waals surface area contributed by atoms with Crippen molar-refractivity contribution in [3.8, 4) is 6.07 Å². The lowest BCUT2D eigenvalue weighted by molar-refractivity contribution is 0.239. The molecule has 1 aromatic carbocycles. The first kappa shape index (κ1) is 13.9. The van der Waals surface area contributed by atoms with Gasteiger partial charge in [-0.05, 0) is 56.1 Å². The third-order valence-electron chi connectivity index (χ3n) is 4.56. The van der Waals surface area contributed by atoms with Gasteiger partial charge in [0.2, 0.25) is 0 Å². The highest BCUT2D eigenvalue weighted by atomic mass is 15.0. The van der Waals surface area contributed by atoms with Crippen LogP contribution in [0, 0.1) is 30.1 Å². The van der Waals surface area contributed by atoms with Gasteiger partial charge >= 0.3 is 0 Å². The highest BCUT2D eigenvalue weighted by Crippen LogP contribution is 2.37. The van der Waals surface area contributed by atoms with Crippen LogP contribution in [0.4, 0.5) is 5.69 Å². The summed E-state index contributed by atoms with van der Waals surface area (Å²) >= 11 is 0. The Morgan fingerprint density at radius 3 is 2.42 bits per heavy atom. The van der Waals surface area contributed by atoms with E-state index in [1.165, 1.54) is 5.56 Å². The number of nitrogens with one attached hydrogen (secondary N) is 1. The minimum Gasteiger partial charge on any atom is -0.367 e. The van der Waals surface area contributed by atoms with E-state index in [-0.39, 0.29) is 5.54 Å². The zero-order valence-corrected chi connectivity index (χ0v) is 12.2. The maximum Gasteiger partial charge on any atom is 0.125 e. The van der Waals surface area contributed by atoms with Crippen LogP contribution in [0.2, 0.25) is 0 Å². The van der Waals surface area contributed by atoms with E-state index in [1.807, 2.05) is 12.1 Å². The molecular weight excluding hydrogens is 232 g/mol. The molecule has 1 aromatic rings. The normalized spacial score (nSPS) is 27.0. The quantitative estimate of drug-likeness (QED) is 0.863. The average molecular weight is 256 g/mol. The van der Waals surface area contributed by atoms with E-state index < -0.39 is 0 Å². The monoisotopic (exact) mass is 256 g/mol. The lowest BCUT2D eigenvalue weighted by Crippen LogP contribution is -2.41. The molecule has 0 heterocycles. The van der Waals surface area contributed by atoms with Crippen LogP contribution in [0.15, 0.2) is 24.3 Å². The number of benzene rings is 1. The third kappa shape index (κ3) is 3.10. The predicted octanol–water partition coefficient (Wildman–Crippen LogP) is 4.52. The maximum atomic E-state index is 9.61. The second kappa shape index (κ2) is 5.65. The summed E-state index contributed by atoms with van der Waals surface area (Å²) in [5, 5.41) is 13.1. The first-order valence-electron chi connectivity index (χ1n) is 7.31. The second-order valence-electron chi connectivity index (χ2n) is 6.22. The van der Waals surface area contributed by atoms with E-state index in [9.17, 15) is 5.26 Å². The molecule has 2 heteroatoms. The standard InChI is InChI=1S/C17H24N2/c1-13(2)15-8-10-17(12-18,11-9-15)19-16-7-5-4-6-14(16)3/h4-7,13,15,19H,8-11H2,1-3H3. The van der Waals surface area contributed by atoms with E-state index in [2.05, 4.69) is 44.3 Å². The third-order valence-corrected chi connectivity index (χ3v) is 4.56. The number of nitriles is 1. The van der Waals surface area contributed by atoms with Gasteiger partial charge in [-0.2, -0.15) is 5.26 Å². The van der Waals surface area contributed by atoms with Crippen molar-refractivity contribution in [2.24, 2.45) is 11.8 Å². The molecule has 19 heavy (non-hydrogen) atoms. The van der Waals surface area contributed by atoms with Gasteiger partial charge in [-0.25, -0.2) is 0 Å². The van der Waals surface area contributed by atoms with Crippen LogP contribution in [0.3, 0.4) is 0 Å². The molecule has 1 saturated carbocycles.